The normalized spacial score (nSPS) is 25.4. The molecular formula is C15H26N2O3. The Kier molecular flexibility index (Phi) is 3.73. The van der Waals surface area contributed by atoms with Gasteiger partial charge >= 0.3 is 6.09 Å². The molecule has 0 saturated carbocycles. The van der Waals surface area contributed by atoms with Crippen molar-refractivity contribution in [2.24, 2.45) is 5.41 Å². The van der Waals surface area contributed by atoms with Crippen LogP contribution in [0.25, 0.3) is 0 Å². The Labute approximate surface area is 121 Å². The van der Waals surface area contributed by atoms with E-state index in [1.165, 1.54) is 0 Å². The minimum atomic E-state index is -0.518. The van der Waals surface area contributed by atoms with Crippen molar-refractivity contribution in [3.8, 4) is 0 Å². The van der Waals surface area contributed by atoms with Crippen molar-refractivity contribution in [2.75, 3.05) is 19.6 Å². The van der Waals surface area contributed by atoms with Crippen molar-refractivity contribution in [2.45, 2.75) is 59.1 Å². The Balaban J connectivity index is 1.93. The molecule has 1 unspecified atom stereocenters. The third kappa shape index (κ3) is 3.25. The van der Waals surface area contributed by atoms with Gasteiger partial charge in [-0.3, -0.25) is 9.69 Å². The fraction of sp³-hybridized carbons (Fsp3) is 0.867. The van der Waals surface area contributed by atoms with Gasteiger partial charge in [0.1, 0.15) is 11.6 Å². The molecule has 2 saturated heterocycles. The number of rotatable bonds is 1. The summed E-state index contributed by atoms with van der Waals surface area (Å²) in [5, 5.41) is 0. The second-order valence-electron chi connectivity index (χ2n) is 7.65. The van der Waals surface area contributed by atoms with Gasteiger partial charge in [-0.15, -0.1) is 0 Å². The van der Waals surface area contributed by atoms with Crippen molar-refractivity contribution in [3.05, 3.63) is 0 Å². The summed E-state index contributed by atoms with van der Waals surface area (Å²) in [6.07, 6.45) is 1.40. The van der Waals surface area contributed by atoms with Gasteiger partial charge in [0, 0.05) is 19.6 Å². The lowest BCUT2D eigenvalue weighted by Gasteiger charge is -2.41. The highest BCUT2D eigenvalue weighted by Gasteiger charge is 2.44. The van der Waals surface area contributed by atoms with Gasteiger partial charge in [0.05, 0.1) is 0 Å². The lowest BCUT2D eigenvalue weighted by Crippen LogP contribution is -2.59. The first-order valence-corrected chi connectivity index (χ1v) is 7.37. The SMILES string of the molecule is CC1(C)CCN(C(=O)C2CCN2C(=O)OC(C)(C)C)C1. The topological polar surface area (TPSA) is 49.9 Å². The maximum atomic E-state index is 12.5. The molecule has 2 heterocycles. The van der Waals surface area contributed by atoms with Crippen molar-refractivity contribution in [1.82, 2.24) is 9.80 Å². The first kappa shape index (κ1) is 15.1. The van der Waals surface area contributed by atoms with E-state index in [0.29, 0.717) is 6.54 Å². The van der Waals surface area contributed by atoms with Gasteiger partial charge in [-0.25, -0.2) is 4.79 Å². The fourth-order valence-electron chi connectivity index (χ4n) is 2.69. The minimum Gasteiger partial charge on any atom is -0.444 e. The molecular weight excluding hydrogens is 256 g/mol. The molecule has 0 spiro atoms. The Hall–Kier alpha value is -1.26. The van der Waals surface area contributed by atoms with E-state index in [4.69, 9.17) is 4.74 Å². The monoisotopic (exact) mass is 282 g/mol. The van der Waals surface area contributed by atoms with Crippen molar-refractivity contribution in [1.29, 1.82) is 0 Å². The van der Waals surface area contributed by atoms with E-state index < -0.39 is 5.60 Å². The van der Waals surface area contributed by atoms with Gasteiger partial charge < -0.3 is 9.64 Å². The smallest absolute Gasteiger partial charge is 0.410 e. The minimum absolute atomic E-state index is 0.0766. The summed E-state index contributed by atoms with van der Waals surface area (Å²) in [5.74, 6) is 0.0766. The highest BCUT2D eigenvalue weighted by molar-refractivity contribution is 5.87. The van der Waals surface area contributed by atoms with Crippen LogP contribution in [0.1, 0.15) is 47.5 Å². The molecule has 0 aromatic rings. The second kappa shape index (κ2) is 4.93. The number of hydrogen-bond acceptors (Lipinski definition) is 3. The zero-order chi connectivity index (χ0) is 15.1. The van der Waals surface area contributed by atoms with E-state index in [2.05, 4.69) is 13.8 Å². The summed E-state index contributed by atoms with van der Waals surface area (Å²) in [6, 6.07) is -0.321. The van der Waals surface area contributed by atoms with E-state index in [1.807, 2.05) is 25.7 Å². The van der Waals surface area contributed by atoms with E-state index in [9.17, 15) is 9.59 Å². The summed E-state index contributed by atoms with van der Waals surface area (Å²) in [6.45, 7) is 12.1. The molecule has 0 bridgehead atoms. The average Bonchev–Trinajstić information content (AvgIpc) is 2.53. The third-order valence-corrected chi connectivity index (χ3v) is 3.92. The maximum Gasteiger partial charge on any atom is 0.410 e. The average molecular weight is 282 g/mol. The van der Waals surface area contributed by atoms with Crippen LogP contribution in [-0.2, 0) is 9.53 Å². The Bertz CT molecular complexity index is 412. The Morgan fingerprint density at radius 2 is 1.85 bits per heavy atom. The molecule has 0 aromatic carbocycles. The molecule has 20 heavy (non-hydrogen) atoms. The second-order valence-corrected chi connectivity index (χ2v) is 7.65. The van der Waals surface area contributed by atoms with Crippen LogP contribution >= 0.6 is 0 Å². The summed E-state index contributed by atoms with van der Waals surface area (Å²) < 4.78 is 5.34. The summed E-state index contributed by atoms with van der Waals surface area (Å²) >= 11 is 0. The Morgan fingerprint density at radius 1 is 1.20 bits per heavy atom. The number of hydrogen-bond donors (Lipinski definition) is 0. The number of likely N-dealkylation sites (tertiary alicyclic amines) is 2. The lowest BCUT2D eigenvalue weighted by molar-refractivity contribution is -0.140. The molecule has 2 fully saturated rings. The van der Waals surface area contributed by atoms with Crippen molar-refractivity contribution in [3.63, 3.8) is 0 Å². The fourth-order valence-corrected chi connectivity index (χ4v) is 2.69. The zero-order valence-electron chi connectivity index (χ0n) is 13.2. The van der Waals surface area contributed by atoms with Crippen LogP contribution in [0.4, 0.5) is 4.79 Å². The number of amides is 2. The highest BCUT2D eigenvalue weighted by Crippen LogP contribution is 2.31. The standard InChI is InChI=1S/C15H26N2O3/c1-14(2,3)20-13(19)17-8-6-11(17)12(18)16-9-7-15(4,5)10-16/h11H,6-10H2,1-5H3. The number of ether oxygens (including phenoxy) is 1. The van der Waals surface area contributed by atoms with Crippen LogP contribution < -0.4 is 0 Å². The molecule has 0 radical (unpaired) electrons. The molecule has 0 aliphatic carbocycles. The van der Waals surface area contributed by atoms with Gasteiger partial charge in [0.2, 0.25) is 5.91 Å². The molecule has 0 aromatic heterocycles. The van der Waals surface area contributed by atoms with Crippen LogP contribution in [-0.4, -0.2) is 53.1 Å². The molecule has 2 rings (SSSR count). The number of carbonyl (C=O) groups is 2. The molecule has 2 aliphatic rings. The van der Waals surface area contributed by atoms with E-state index in [0.717, 1.165) is 25.9 Å². The van der Waals surface area contributed by atoms with Gasteiger partial charge in [0.25, 0.3) is 0 Å². The molecule has 0 N–H and O–H groups in total. The van der Waals surface area contributed by atoms with Crippen LogP contribution in [0.2, 0.25) is 0 Å². The molecule has 5 heteroatoms. The summed E-state index contributed by atoms with van der Waals surface area (Å²) in [7, 11) is 0. The van der Waals surface area contributed by atoms with E-state index in [-0.39, 0.29) is 23.5 Å². The zero-order valence-corrected chi connectivity index (χ0v) is 13.2. The first-order valence-electron chi connectivity index (χ1n) is 7.37. The first-order chi connectivity index (χ1) is 9.09. The highest BCUT2D eigenvalue weighted by atomic mass is 16.6. The van der Waals surface area contributed by atoms with Crippen molar-refractivity contribution < 1.29 is 14.3 Å². The van der Waals surface area contributed by atoms with Crippen LogP contribution in [0.5, 0.6) is 0 Å². The van der Waals surface area contributed by atoms with Crippen LogP contribution in [0.15, 0.2) is 0 Å². The predicted molar refractivity (Wildman–Crippen MR) is 76.3 cm³/mol. The maximum absolute atomic E-state index is 12.5. The summed E-state index contributed by atoms with van der Waals surface area (Å²) in [5.41, 5.74) is -0.327. The quantitative estimate of drug-likeness (QED) is 0.741. The molecule has 5 nitrogen and oxygen atoms in total. The van der Waals surface area contributed by atoms with Gasteiger partial charge in [0.15, 0.2) is 0 Å². The van der Waals surface area contributed by atoms with Crippen LogP contribution in [0.3, 0.4) is 0 Å². The van der Waals surface area contributed by atoms with E-state index in [1.54, 1.807) is 4.90 Å². The molecule has 2 aliphatic heterocycles. The lowest BCUT2D eigenvalue weighted by atomic mass is 9.93. The molecule has 2 amide bonds. The van der Waals surface area contributed by atoms with Gasteiger partial charge in [-0.05, 0) is 39.0 Å². The third-order valence-electron chi connectivity index (χ3n) is 3.92. The van der Waals surface area contributed by atoms with Gasteiger partial charge in [-0.2, -0.15) is 0 Å². The molecule has 114 valence electrons. The van der Waals surface area contributed by atoms with Crippen LogP contribution in [0, 0.1) is 5.41 Å². The van der Waals surface area contributed by atoms with E-state index >= 15 is 0 Å². The molecule has 1 atom stereocenters. The van der Waals surface area contributed by atoms with Gasteiger partial charge in [-0.1, -0.05) is 13.8 Å². The largest absolute Gasteiger partial charge is 0.444 e. The summed E-state index contributed by atoms with van der Waals surface area (Å²) in [4.78, 5) is 27.9. The number of carbonyl (C=O) groups excluding carboxylic acids is 2. The number of nitrogens with zero attached hydrogens (tertiary/aromatic N) is 2. The Morgan fingerprint density at radius 3 is 2.25 bits per heavy atom. The predicted octanol–water partition coefficient (Wildman–Crippen LogP) is 2.25. The van der Waals surface area contributed by atoms with Crippen molar-refractivity contribution >= 4 is 12.0 Å².